The lowest BCUT2D eigenvalue weighted by Gasteiger charge is -2.37. The van der Waals surface area contributed by atoms with Gasteiger partial charge in [-0.3, -0.25) is 4.79 Å². The molecule has 3 rings (SSSR count). The van der Waals surface area contributed by atoms with E-state index in [-0.39, 0.29) is 23.8 Å². The lowest BCUT2D eigenvalue weighted by atomic mass is 9.91. The van der Waals surface area contributed by atoms with Crippen LogP contribution in [0.3, 0.4) is 0 Å². The van der Waals surface area contributed by atoms with E-state index >= 15 is 0 Å². The molecule has 1 unspecified atom stereocenters. The maximum atomic E-state index is 12.8. The number of amides is 1. The van der Waals surface area contributed by atoms with Crippen molar-refractivity contribution >= 4 is 11.9 Å². The number of esters is 1. The van der Waals surface area contributed by atoms with E-state index in [2.05, 4.69) is 13.8 Å². The summed E-state index contributed by atoms with van der Waals surface area (Å²) in [5.74, 6) is 0.540. The Labute approximate surface area is 141 Å². The van der Waals surface area contributed by atoms with E-state index in [1.54, 1.807) is 12.1 Å². The zero-order chi connectivity index (χ0) is 17.3. The Morgan fingerprint density at radius 3 is 2.62 bits per heavy atom. The van der Waals surface area contributed by atoms with Gasteiger partial charge in [-0.15, -0.1) is 0 Å². The average molecular weight is 333 g/mol. The minimum absolute atomic E-state index is 0.0536. The summed E-state index contributed by atoms with van der Waals surface area (Å²) in [6.07, 6.45) is 0. The summed E-state index contributed by atoms with van der Waals surface area (Å²) >= 11 is 0. The zero-order valence-electron chi connectivity index (χ0n) is 14.3. The van der Waals surface area contributed by atoms with E-state index in [9.17, 15) is 9.59 Å². The fourth-order valence-corrected chi connectivity index (χ4v) is 3.29. The molecular weight excluding hydrogens is 310 g/mol. The minimum atomic E-state index is -0.397. The summed E-state index contributed by atoms with van der Waals surface area (Å²) in [6.45, 7) is 6.10. The van der Waals surface area contributed by atoms with Crippen LogP contribution in [0.5, 0.6) is 5.75 Å². The zero-order valence-corrected chi connectivity index (χ0v) is 14.3. The number of hydrogen-bond acceptors (Lipinski definition) is 5. The SMILES string of the molecule is COC(=O)c1ccc2c(c1)OCCN(C(=O)C1COC1)C2C(C)C. The Bertz CT molecular complexity index is 638. The molecule has 1 aromatic rings. The number of fused-ring (bicyclic) bond motifs is 1. The molecule has 1 atom stereocenters. The molecule has 0 spiro atoms. The molecule has 6 heteroatoms. The number of ether oxygens (including phenoxy) is 3. The lowest BCUT2D eigenvalue weighted by molar-refractivity contribution is -0.153. The highest BCUT2D eigenvalue weighted by molar-refractivity contribution is 5.90. The normalized spacial score (nSPS) is 20.7. The molecule has 0 saturated carbocycles. The standard InChI is InChI=1S/C18H23NO5/c1-11(2)16-14-5-4-12(18(21)22-3)8-15(14)24-7-6-19(16)17(20)13-9-23-10-13/h4-5,8,11,13,16H,6-7,9-10H2,1-3H3. The van der Waals surface area contributed by atoms with Gasteiger partial charge in [0.15, 0.2) is 0 Å². The van der Waals surface area contributed by atoms with Crippen molar-refractivity contribution in [2.24, 2.45) is 11.8 Å². The second-order valence-electron chi connectivity index (χ2n) is 6.55. The third-order valence-electron chi connectivity index (χ3n) is 4.58. The van der Waals surface area contributed by atoms with E-state index < -0.39 is 5.97 Å². The van der Waals surface area contributed by atoms with Crippen molar-refractivity contribution < 1.29 is 23.8 Å². The molecule has 6 nitrogen and oxygen atoms in total. The summed E-state index contributed by atoms with van der Waals surface area (Å²) in [5, 5.41) is 0. The van der Waals surface area contributed by atoms with Crippen LogP contribution >= 0.6 is 0 Å². The van der Waals surface area contributed by atoms with Gasteiger partial charge >= 0.3 is 5.97 Å². The second-order valence-corrected chi connectivity index (χ2v) is 6.55. The molecule has 0 radical (unpaired) electrons. The molecule has 1 amide bonds. The predicted octanol–water partition coefficient (Wildman–Crippen LogP) is 2.04. The number of methoxy groups -OCH3 is 1. The first-order chi connectivity index (χ1) is 11.5. The largest absolute Gasteiger partial charge is 0.491 e. The third-order valence-corrected chi connectivity index (χ3v) is 4.58. The van der Waals surface area contributed by atoms with Crippen LogP contribution in [0, 0.1) is 11.8 Å². The molecule has 2 aliphatic rings. The molecular formula is C18H23NO5. The van der Waals surface area contributed by atoms with E-state index in [0.717, 1.165) is 5.56 Å². The van der Waals surface area contributed by atoms with Crippen LogP contribution < -0.4 is 4.74 Å². The van der Waals surface area contributed by atoms with Gasteiger partial charge < -0.3 is 19.1 Å². The Morgan fingerprint density at radius 1 is 1.29 bits per heavy atom. The first kappa shape index (κ1) is 16.8. The Morgan fingerprint density at radius 2 is 2.04 bits per heavy atom. The molecule has 1 fully saturated rings. The molecule has 0 bridgehead atoms. The Kier molecular flexibility index (Phi) is 4.76. The number of nitrogens with zero attached hydrogens (tertiary/aromatic N) is 1. The molecule has 130 valence electrons. The smallest absolute Gasteiger partial charge is 0.337 e. The fourth-order valence-electron chi connectivity index (χ4n) is 3.29. The van der Waals surface area contributed by atoms with Gasteiger partial charge in [0, 0.05) is 5.56 Å². The van der Waals surface area contributed by atoms with Crippen molar-refractivity contribution in [3.05, 3.63) is 29.3 Å². The van der Waals surface area contributed by atoms with Gasteiger partial charge in [-0.05, 0) is 18.1 Å². The summed E-state index contributed by atoms with van der Waals surface area (Å²) in [5.41, 5.74) is 1.38. The van der Waals surface area contributed by atoms with Crippen LogP contribution in [0.1, 0.15) is 35.8 Å². The summed E-state index contributed by atoms with van der Waals surface area (Å²) in [6, 6.07) is 5.22. The summed E-state index contributed by atoms with van der Waals surface area (Å²) < 4.78 is 15.8. The van der Waals surface area contributed by atoms with E-state index in [4.69, 9.17) is 14.2 Å². The number of carbonyl (C=O) groups is 2. The number of hydrogen-bond donors (Lipinski definition) is 0. The minimum Gasteiger partial charge on any atom is -0.491 e. The Hall–Kier alpha value is -2.08. The van der Waals surface area contributed by atoms with Gasteiger partial charge in [-0.2, -0.15) is 0 Å². The summed E-state index contributed by atoms with van der Waals surface area (Å²) in [7, 11) is 1.35. The maximum absolute atomic E-state index is 12.8. The molecule has 24 heavy (non-hydrogen) atoms. The van der Waals surface area contributed by atoms with Crippen molar-refractivity contribution in [1.29, 1.82) is 0 Å². The molecule has 0 aliphatic carbocycles. The third kappa shape index (κ3) is 2.98. The topological polar surface area (TPSA) is 65.1 Å². The molecule has 1 saturated heterocycles. The highest BCUT2D eigenvalue weighted by Crippen LogP contribution is 2.38. The van der Waals surface area contributed by atoms with Crippen LogP contribution in [0.2, 0.25) is 0 Å². The van der Waals surface area contributed by atoms with Gasteiger partial charge in [-0.25, -0.2) is 4.79 Å². The monoisotopic (exact) mass is 333 g/mol. The van der Waals surface area contributed by atoms with Crippen molar-refractivity contribution in [2.45, 2.75) is 19.9 Å². The molecule has 0 aromatic heterocycles. The highest BCUT2D eigenvalue weighted by Gasteiger charge is 2.38. The lowest BCUT2D eigenvalue weighted by Crippen LogP contribution is -2.47. The second kappa shape index (κ2) is 6.81. The van der Waals surface area contributed by atoms with E-state index in [0.29, 0.717) is 37.7 Å². The molecule has 2 heterocycles. The average Bonchev–Trinajstić information content (AvgIpc) is 2.70. The Balaban J connectivity index is 1.96. The fraction of sp³-hybridized carbons (Fsp3) is 0.556. The van der Waals surface area contributed by atoms with Gasteiger partial charge in [-0.1, -0.05) is 19.9 Å². The van der Waals surface area contributed by atoms with Crippen LogP contribution in [0.15, 0.2) is 18.2 Å². The van der Waals surface area contributed by atoms with Gasteiger partial charge in [0.2, 0.25) is 5.91 Å². The van der Waals surface area contributed by atoms with Crippen LogP contribution in [0.25, 0.3) is 0 Å². The molecule has 0 N–H and O–H groups in total. The first-order valence-corrected chi connectivity index (χ1v) is 8.26. The van der Waals surface area contributed by atoms with Crippen LogP contribution in [-0.4, -0.2) is 50.3 Å². The van der Waals surface area contributed by atoms with Crippen molar-refractivity contribution in [1.82, 2.24) is 4.90 Å². The van der Waals surface area contributed by atoms with Crippen molar-refractivity contribution in [3.8, 4) is 5.75 Å². The quantitative estimate of drug-likeness (QED) is 0.792. The number of carbonyl (C=O) groups excluding carboxylic acids is 2. The van der Waals surface area contributed by atoms with Gasteiger partial charge in [0.25, 0.3) is 0 Å². The summed E-state index contributed by atoms with van der Waals surface area (Å²) in [4.78, 5) is 26.5. The highest BCUT2D eigenvalue weighted by atomic mass is 16.5. The molecule has 2 aliphatic heterocycles. The van der Waals surface area contributed by atoms with E-state index in [1.165, 1.54) is 7.11 Å². The van der Waals surface area contributed by atoms with Gasteiger partial charge in [0.1, 0.15) is 12.4 Å². The molecule has 1 aromatic carbocycles. The predicted molar refractivity (Wildman–Crippen MR) is 86.9 cm³/mol. The van der Waals surface area contributed by atoms with E-state index in [1.807, 2.05) is 11.0 Å². The van der Waals surface area contributed by atoms with Gasteiger partial charge in [0.05, 0.1) is 44.4 Å². The van der Waals surface area contributed by atoms with Crippen molar-refractivity contribution in [2.75, 3.05) is 33.5 Å². The maximum Gasteiger partial charge on any atom is 0.337 e. The number of benzene rings is 1. The van der Waals surface area contributed by atoms with Crippen LogP contribution in [-0.2, 0) is 14.3 Å². The first-order valence-electron chi connectivity index (χ1n) is 8.26. The number of rotatable bonds is 3. The van der Waals surface area contributed by atoms with Crippen LogP contribution in [0.4, 0.5) is 0 Å². The van der Waals surface area contributed by atoms with Crippen molar-refractivity contribution in [3.63, 3.8) is 0 Å².